The summed E-state index contributed by atoms with van der Waals surface area (Å²) < 4.78 is 0. The molecular weight excluding hydrogens is 330 g/mol. The monoisotopic (exact) mass is 363 g/mol. The van der Waals surface area contributed by atoms with Gasteiger partial charge in [0.1, 0.15) is 0 Å². The Labute approximate surface area is 156 Å². The SMILES string of the molecule is Cc1cc(C)c(CC(=O)NC2CCC(C(C)C)CC2)c(C)c1.O=C(O)O. The average Bonchev–Trinajstić information content (AvgIpc) is 2.51. The normalized spacial score (nSPS) is 19.5. The molecule has 1 amide bonds. The molecule has 2 rings (SSSR count). The topological polar surface area (TPSA) is 86.6 Å². The van der Waals surface area contributed by atoms with Gasteiger partial charge in [-0.25, -0.2) is 4.79 Å². The summed E-state index contributed by atoms with van der Waals surface area (Å²) >= 11 is 0. The zero-order chi connectivity index (χ0) is 19.9. The smallest absolute Gasteiger partial charge is 0.450 e. The first kappa shape index (κ1) is 22.0. The van der Waals surface area contributed by atoms with Gasteiger partial charge in [0, 0.05) is 6.04 Å². The molecule has 5 nitrogen and oxygen atoms in total. The molecule has 0 saturated heterocycles. The summed E-state index contributed by atoms with van der Waals surface area (Å²) in [6.07, 6.45) is 3.47. The van der Waals surface area contributed by atoms with Gasteiger partial charge >= 0.3 is 6.16 Å². The van der Waals surface area contributed by atoms with E-state index < -0.39 is 6.16 Å². The lowest BCUT2D eigenvalue weighted by molar-refractivity contribution is -0.121. The van der Waals surface area contributed by atoms with Crippen molar-refractivity contribution in [2.45, 2.75) is 72.8 Å². The lowest BCUT2D eigenvalue weighted by Crippen LogP contribution is -2.39. The van der Waals surface area contributed by atoms with Crippen molar-refractivity contribution in [1.82, 2.24) is 5.32 Å². The molecule has 5 heteroatoms. The fourth-order valence-corrected chi connectivity index (χ4v) is 3.86. The van der Waals surface area contributed by atoms with E-state index in [0.717, 1.165) is 24.7 Å². The summed E-state index contributed by atoms with van der Waals surface area (Å²) in [6, 6.07) is 4.72. The molecule has 0 aliphatic heterocycles. The Morgan fingerprint density at radius 3 is 1.92 bits per heavy atom. The second kappa shape index (κ2) is 10.2. The predicted molar refractivity (Wildman–Crippen MR) is 104 cm³/mol. The number of nitrogens with one attached hydrogen (secondary N) is 1. The van der Waals surface area contributed by atoms with E-state index in [2.05, 4.69) is 52.1 Å². The predicted octanol–water partition coefficient (Wildman–Crippen LogP) is 4.71. The van der Waals surface area contributed by atoms with Crippen LogP contribution in [0, 0.1) is 32.6 Å². The maximum atomic E-state index is 12.4. The molecule has 0 aromatic heterocycles. The van der Waals surface area contributed by atoms with Crippen LogP contribution in [0.1, 0.15) is 61.8 Å². The highest BCUT2D eigenvalue weighted by atomic mass is 16.6. The highest BCUT2D eigenvalue weighted by molar-refractivity contribution is 5.79. The molecule has 1 saturated carbocycles. The Kier molecular flexibility index (Phi) is 8.62. The van der Waals surface area contributed by atoms with Gasteiger partial charge in [-0.1, -0.05) is 31.5 Å². The Bertz CT molecular complexity index is 589. The average molecular weight is 363 g/mol. The number of carbonyl (C=O) groups excluding carboxylic acids is 1. The fourth-order valence-electron chi connectivity index (χ4n) is 3.86. The molecule has 0 bridgehead atoms. The Balaban J connectivity index is 0.000000765. The highest BCUT2D eigenvalue weighted by Crippen LogP contribution is 2.30. The molecular formula is C21H33NO4. The van der Waals surface area contributed by atoms with Gasteiger partial charge < -0.3 is 15.5 Å². The minimum Gasteiger partial charge on any atom is -0.450 e. The third-order valence-electron chi connectivity index (χ3n) is 5.26. The van der Waals surface area contributed by atoms with E-state index in [9.17, 15) is 4.79 Å². The van der Waals surface area contributed by atoms with Gasteiger partial charge in [0.25, 0.3) is 0 Å². The van der Waals surface area contributed by atoms with Gasteiger partial charge in [-0.3, -0.25) is 4.79 Å². The minimum absolute atomic E-state index is 0.183. The van der Waals surface area contributed by atoms with E-state index in [4.69, 9.17) is 15.0 Å². The van der Waals surface area contributed by atoms with Gasteiger partial charge in [0.2, 0.25) is 5.91 Å². The lowest BCUT2D eigenvalue weighted by atomic mass is 9.79. The maximum Gasteiger partial charge on any atom is 0.503 e. The van der Waals surface area contributed by atoms with Gasteiger partial charge in [-0.05, 0) is 75.0 Å². The van der Waals surface area contributed by atoms with Crippen molar-refractivity contribution in [3.8, 4) is 0 Å². The first-order valence-corrected chi connectivity index (χ1v) is 9.38. The summed E-state index contributed by atoms with van der Waals surface area (Å²) in [5, 5.41) is 17.2. The Hall–Kier alpha value is -2.04. The van der Waals surface area contributed by atoms with Crippen LogP contribution in [0.3, 0.4) is 0 Å². The highest BCUT2D eigenvalue weighted by Gasteiger charge is 2.24. The molecule has 0 radical (unpaired) electrons. The van der Waals surface area contributed by atoms with Crippen LogP contribution in [-0.4, -0.2) is 28.3 Å². The Morgan fingerprint density at radius 1 is 1.04 bits per heavy atom. The van der Waals surface area contributed by atoms with Crippen molar-refractivity contribution in [2.75, 3.05) is 0 Å². The molecule has 1 aliphatic rings. The van der Waals surface area contributed by atoms with Crippen molar-refractivity contribution >= 4 is 12.1 Å². The first-order valence-electron chi connectivity index (χ1n) is 9.38. The summed E-state index contributed by atoms with van der Waals surface area (Å²) in [6.45, 7) is 10.9. The van der Waals surface area contributed by atoms with Crippen molar-refractivity contribution < 1.29 is 19.8 Å². The molecule has 0 unspecified atom stereocenters. The maximum absolute atomic E-state index is 12.4. The van der Waals surface area contributed by atoms with Crippen LogP contribution in [0.2, 0.25) is 0 Å². The molecule has 0 atom stereocenters. The second-order valence-corrected chi connectivity index (χ2v) is 7.76. The number of benzene rings is 1. The largest absolute Gasteiger partial charge is 0.503 e. The van der Waals surface area contributed by atoms with E-state index >= 15 is 0 Å². The number of hydrogen-bond donors (Lipinski definition) is 3. The van der Waals surface area contributed by atoms with Gasteiger partial charge in [0.05, 0.1) is 6.42 Å². The molecule has 146 valence electrons. The van der Waals surface area contributed by atoms with Crippen LogP contribution in [-0.2, 0) is 11.2 Å². The van der Waals surface area contributed by atoms with Crippen molar-refractivity contribution in [3.63, 3.8) is 0 Å². The molecule has 1 aromatic carbocycles. The molecule has 3 N–H and O–H groups in total. The third kappa shape index (κ3) is 7.46. The summed E-state index contributed by atoms with van der Waals surface area (Å²) in [5.74, 6) is 1.80. The van der Waals surface area contributed by atoms with Crippen LogP contribution in [0.5, 0.6) is 0 Å². The lowest BCUT2D eigenvalue weighted by Gasteiger charge is -2.31. The quantitative estimate of drug-likeness (QED) is 0.723. The number of carbonyl (C=O) groups is 2. The van der Waals surface area contributed by atoms with Crippen LogP contribution in [0.4, 0.5) is 4.79 Å². The van der Waals surface area contributed by atoms with Gasteiger partial charge in [0.15, 0.2) is 0 Å². The fraction of sp³-hybridized carbons (Fsp3) is 0.619. The number of carboxylic acid groups (broad SMARTS) is 2. The first-order chi connectivity index (χ1) is 12.1. The van der Waals surface area contributed by atoms with Crippen molar-refractivity contribution in [2.24, 2.45) is 11.8 Å². The van der Waals surface area contributed by atoms with Crippen LogP contribution in [0.15, 0.2) is 12.1 Å². The number of amides is 1. The van der Waals surface area contributed by atoms with Gasteiger partial charge in [-0.2, -0.15) is 0 Å². The second-order valence-electron chi connectivity index (χ2n) is 7.76. The van der Waals surface area contributed by atoms with Gasteiger partial charge in [-0.15, -0.1) is 0 Å². The number of hydrogen-bond acceptors (Lipinski definition) is 2. The van der Waals surface area contributed by atoms with Crippen molar-refractivity contribution in [3.05, 3.63) is 34.4 Å². The Morgan fingerprint density at radius 2 is 1.50 bits per heavy atom. The number of aryl methyl sites for hydroxylation is 3. The summed E-state index contributed by atoms with van der Waals surface area (Å²) in [7, 11) is 0. The van der Waals surface area contributed by atoms with E-state index in [1.165, 1.54) is 35.1 Å². The molecule has 0 spiro atoms. The van der Waals surface area contributed by atoms with Crippen LogP contribution in [0.25, 0.3) is 0 Å². The zero-order valence-corrected chi connectivity index (χ0v) is 16.6. The standard InChI is InChI=1S/C20H31NO.CH2O3/c1-13(2)17-6-8-18(9-7-17)21-20(22)12-19-15(4)10-14(3)11-16(19)5;2-1(3)4/h10-11,13,17-18H,6-9,12H2,1-5H3,(H,21,22);(H2,2,3,4). The zero-order valence-electron chi connectivity index (χ0n) is 16.6. The molecule has 0 heterocycles. The summed E-state index contributed by atoms with van der Waals surface area (Å²) in [4.78, 5) is 20.9. The van der Waals surface area contributed by atoms with E-state index in [1.807, 2.05) is 0 Å². The van der Waals surface area contributed by atoms with E-state index in [-0.39, 0.29) is 5.91 Å². The number of rotatable bonds is 4. The molecule has 26 heavy (non-hydrogen) atoms. The summed E-state index contributed by atoms with van der Waals surface area (Å²) in [5.41, 5.74) is 4.93. The minimum atomic E-state index is -1.83. The molecule has 1 aromatic rings. The van der Waals surface area contributed by atoms with E-state index in [0.29, 0.717) is 12.5 Å². The molecule has 1 aliphatic carbocycles. The third-order valence-corrected chi connectivity index (χ3v) is 5.26. The van der Waals surface area contributed by atoms with E-state index in [1.54, 1.807) is 0 Å². The van der Waals surface area contributed by atoms with Crippen molar-refractivity contribution in [1.29, 1.82) is 0 Å². The van der Waals surface area contributed by atoms with Crippen LogP contribution < -0.4 is 5.32 Å². The molecule has 1 fully saturated rings. The van der Waals surface area contributed by atoms with Crippen LogP contribution >= 0.6 is 0 Å².